The summed E-state index contributed by atoms with van der Waals surface area (Å²) in [4.78, 5) is 0.945. The van der Waals surface area contributed by atoms with Crippen LogP contribution in [0.3, 0.4) is 0 Å². The lowest BCUT2D eigenvalue weighted by atomic mass is 9.85. The van der Waals surface area contributed by atoms with Crippen molar-refractivity contribution in [2.24, 2.45) is 11.1 Å². The largest absolute Gasteiger partial charge is 0.396 e. The Morgan fingerprint density at radius 2 is 2.21 bits per heavy atom. The molecule has 0 saturated heterocycles. The van der Waals surface area contributed by atoms with E-state index in [1.54, 1.807) is 0 Å². The Morgan fingerprint density at radius 1 is 1.64 bits per heavy atom. The van der Waals surface area contributed by atoms with Crippen LogP contribution in [0.1, 0.15) is 24.8 Å². The van der Waals surface area contributed by atoms with Gasteiger partial charge in [0.1, 0.15) is 0 Å². The van der Waals surface area contributed by atoms with Crippen molar-refractivity contribution in [2.75, 3.05) is 6.61 Å². The first-order valence-electron chi connectivity index (χ1n) is 4.08. The van der Waals surface area contributed by atoms with Crippen LogP contribution in [0.5, 0.6) is 0 Å². The molecule has 0 aliphatic rings. The van der Waals surface area contributed by atoms with Crippen LogP contribution in [0, 0.1) is 5.41 Å². The standard InChI is InChI=1S/C9H14ClNOS.ClH/c1-9(2,5-12)8(11)7-6(10)3-4-13-7;/h3-4,8,12H,5,11H2,1-2H3;1H/t8-;/m1./s1. The molecular weight excluding hydrogens is 241 g/mol. The molecule has 1 rings (SSSR count). The maximum Gasteiger partial charge on any atom is 0.0561 e. The van der Waals surface area contributed by atoms with E-state index in [0.717, 1.165) is 4.88 Å². The minimum Gasteiger partial charge on any atom is -0.396 e. The summed E-state index contributed by atoms with van der Waals surface area (Å²) in [5.74, 6) is 0. The van der Waals surface area contributed by atoms with E-state index in [9.17, 15) is 0 Å². The van der Waals surface area contributed by atoms with Gasteiger partial charge in [0.15, 0.2) is 0 Å². The number of aliphatic hydroxyl groups excluding tert-OH is 1. The van der Waals surface area contributed by atoms with Gasteiger partial charge in [-0.05, 0) is 11.4 Å². The van der Waals surface area contributed by atoms with Gasteiger partial charge >= 0.3 is 0 Å². The SMILES string of the molecule is CC(C)(CO)[C@H](N)c1sccc1Cl.Cl. The quantitative estimate of drug-likeness (QED) is 0.873. The molecule has 82 valence electrons. The summed E-state index contributed by atoms with van der Waals surface area (Å²) in [7, 11) is 0. The first-order chi connectivity index (χ1) is 5.99. The lowest BCUT2D eigenvalue weighted by Crippen LogP contribution is -2.31. The summed E-state index contributed by atoms with van der Waals surface area (Å²) in [6.07, 6.45) is 0. The van der Waals surface area contributed by atoms with Crippen molar-refractivity contribution in [3.8, 4) is 0 Å². The van der Waals surface area contributed by atoms with Crippen LogP contribution >= 0.6 is 35.3 Å². The monoisotopic (exact) mass is 255 g/mol. The Hall–Kier alpha value is 0.200. The van der Waals surface area contributed by atoms with Gasteiger partial charge in [-0.2, -0.15) is 0 Å². The van der Waals surface area contributed by atoms with Crippen LogP contribution in [-0.4, -0.2) is 11.7 Å². The van der Waals surface area contributed by atoms with E-state index in [1.807, 2.05) is 25.3 Å². The third-order valence-corrected chi connectivity index (χ3v) is 3.62. The molecule has 0 radical (unpaired) electrons. The van der Waals surface area contributed by atoms with E-state index >= 15 is 0 Å². The zero-order valence-electron chi connectivity index (χ0n) is 8.16. The molecule has 5 heteroatoms. The molecule has 1 aromatic rings. The normalized spacial score (nSPS) is 13.5. The van der Waals surface area contributed by atoms with Crippen molar-refractivity contribution in [3.05, 3.63) is 21.3 Å². The van der Waals surface area contributed by atoms with E-state index < -0.39 is 0 Å². The molecule has 1 aromatic heterocycles. The topological polar surface area (TPSA) is 46.2 Å². The molecule has 0 spiro atoms. The van der Waals surface area contributed by atoms with E-state index in [1.165, 1.54) is 11.3 Å². The molecular formula is C9H15Cl2NOS. The zero-order valence-corrected chi connectivity index (χ0v) is 10.5. The fourth-order valence-electron chi connectivity index (χ4n) is 0.981. The number of thiophene rings is 1. The number of nitrogens with two attached hydrogens (primary N) is 1. The fraction of sp³-hybridized carbons (Fsp3) is 0.556. The van der Waals surface area contributed by atoms with Gasteiger partial charge in [-0.25, -0.2) is 0 Å². The van der Waals surface area contributed by atoms with Crippen LogP contribution in [-0.2, 0) is 0 Å². The molecule has 0 aliphatic carbocycles. The molecule has 0 unspecified atom stereocenters. The van der Waals surface area contributed by atoms with E-state index in [-0.39, 0.29) is 30.5 Å². The van der Waals surface area contributed by atoms with Crippen LogP contribution in [0.4, 0.5) is 0 Å². The Bertz CT molecular complexity index is 288. The highest BCUT2D eigenvalue weighted by molar-refractivity contribution is 7.10. The highest BCUT2D eigenvalue weighted by Crippen LogP contribution is 2.37. The number of rotatable bonds is 3. The molecule has 3 N–H and O–H groups in total. The highest BCUT2D eigenvalue weighted by atomic mass is 35.5. The average molecular weight is 256 g/mol. The second-order valence-corrected chi connectivity index (χ2v) is 5.11. The number of halogens is 2. The van der Waals surface area contributed by atoms with Crippen molar-refractivity contribution >= 4 is 35.3 Å². The van der Waals surface area contributed by atoms with E-state index in [0.29, 0.717) is 5.02 Å². The lowest BCUT2D eigenvalue weighted by Gasteiger charge is -2.28. The van der Waals surface area contributed by atoms with Crippen molar-refractivity contribution in [3.63, 3.8) is 0 Å². The molecule has 1 atom stereocenters. The molecule has 1 heterocycles. The van der Waals surface area contributed by atoms with Crippen molar-refractivity contribution < 1.29 is 5.11 Å². The maximum absolute atomic E-state index is 9.14. The maximum atomic E-state index is 9.14. The molecule has 2 nitrogen and oxygen atoms in total. The number of hydrogen-bond acceptors (Lipinski definition) is 3. The highest BCUT2D eigenvalue weighted by Gasteiger charge is 2.29. The molecule has 14 heavy (non-hydrogen) atoms. The van der Waals surface area contributed by atoms with Crippen LogP contribution < -0.4 is 5.73 Å². The van der Waals surface area contributed by atoms with Gasteiger partial charge < -0.3 is 10.8 Å². The van der Waals surface area contributed by atoms with Crippen LogP contribution in [0.25, 0.3) is 0 Å². The smallest absolute Gasteiger partial charge is 0.0561 e. The molecule has 0 bridgehead atoms. The van der Waals surface area contributed by atoms with Gasteiger partial charge in [0.05, 0.1) is 11.6 Å². The van der Waals surface area contributed by atoms with Gasteiger partial charge in [-0.1, -0.05) is 25.4 Å². The molecule has 0 fully saturated rings. The minimum absolute atomic E-state index is 0. The summed E-state index contributed by atoms with van der Waals surface area (Å²) in [6, 6.07) is 1.62. The Labute approximate surface area is 99.5 Å². The first-order valence-corrected chi connectivity index (χ1v) is 5.34. The lowest BCUT2D eigenvalue weighted by molar-refractivity contribution is 0.133. The van der Waals surface area contributed by atoms with E-state index in [4.69, 9.17) is 22.4 Å². The summed E-state index contributed by atoms with van der Waals surface area (Å²) in [5.41, 5.74) is 5.67. The third-order valence-electron chi connectivity index (χ3n) is 2.18. The second-order valence-electron chi connectivity index (χ2n) is 3.76. The van der Waals surface area contributed by atoms with Crippen LogP contribution in [0.15, 0.2) is 11.4 Å². The first kappa shape index (κ1) is 14.2. The molecule has 0 saturated carbocycles. The molecule has 0 amide bonds. The Balaban J connectivity index is 0.00000169. The summed E-state index contributed by atoms with van der Waals surface area (Å²) < 4.78 is 0. The summed E-state index contributed by atoms with van der Waals surface area (Å²) in [5, 5.41) is 11.7. The van der Waals surface area contributed by atoms with Gasteiger partial charge in [-0.15, -0.1) is 23.7 Å². The predicted molar refractivity (Wildman–Crippen MR) is 64.4 cm³/mol. The van der Waals surface area contributed by atoms with Crippen molar-refractivity contribution in [2.45, 2.75) is 19.9 Å². The Kier molecular flexibility index (Phi) is 5.41. The Morgan fingerprint density at radius 3 is 2.57 bits per heavy atom. The number of hydrogen-bond donors (Lipinski definition) is 2. The minimum atomic E-state index is -0.325. The van der Waals surface area contributed by atoms with Crippen molar-refractivity contribution in [1.82, 2.24) is 0 Å². The molecule has 0 aromatic carbocycles. The average Bonchev–Trinajstić information content (AvgIpc) is 2.50. The van der Waals surface area contributed by atoms with Gasteiger partial charge in [-0.3, -0.25) is 0 Å². The molecule has 0 aliphatic heterocycles. The zero-order chi connectivity index (χ0) is 10.1. The van der Waals surface area contributed by atoms with Crippen molar-refractivity contribution in [1.29, 1.82) is 0 Å². The summed E-state index contributed by atoms with van der Waals surface area (Å²) >= 11 is 7.48. The second kappa shape index (κ2) is 5.33. The summed E-state index contributed by atoms with van der Waals surface area (Å²) in [6.45, 7) is 3.91. The fourth-order valence-corrected chi connectivity index (χ4v) is 2.37. The number of aliphatic hydroxyl groups is 1. The van der Waals surface area contributed by atoms with Gasteiger partial charge in [0.25, 0.3) is 0 Å². The van der Waals surface area contributed by atoms with Gasteiger partial charge in [0, 0.05) is 16.3 Å². The van der Waals surface area contributed by atoms with E-state index in [2.05, 4.69) is 0 Å². The van der Waals surface area contributed by atoms with Gasteiger partial charge in [0.2, 0.25) is 0 Å². The predicted octanol–water partition coefficient (Wildman–Crippen LogP) is 2.84. The third kappa shape index (κ3) is 2.84. The van der Waals surface area contributed by atoms with Crippen LogP contribution in [0.2, 0.25) is 5.02 Å².